The van der Waals surface area contributed by atoms with Gasteiger partial charge >= 0.3 is 128 Å². The molecule has 4 aromatic heterocycles. The zero-order valence-corrected chi connectivity index (χ0v) is 36.9. The van der Waals surface area contributed by atoms with E-state index in [9.17, 15) is 0 Å². The van der Waals surface area contributed by atoms with Gasteiger partial charge < -0.3 is 8.98 Å². The number of para-hydroxylation sites is 3. The van der Waals surface area contributed by atoms with Crippen LogP contribution in [0.2, 0.25) is 17.3 Å². The molecule has 9 rings (SSSR count). The summed E-state index contributed by atoms with van der Waals surface area (Å²) in [7, 11) is 0. The van der Waals surface area contributed by atoms with E-state index in [0.29, 0.717) is 5.71 Å². The van der Waals surface area contributed by atoms with E-state index < -0.39 is 19.6 Å². The Balaban J connectivity index is 0.000000194. The molecule has 9 aromatic rings. The van der Waals surface area contributed by atoms with Gasteiger partial charge in [-0.25, -0.2) is 4.98 Å². The van der Waals surface area contributed by atoms with Crippen molar-refractivity contribution < 1.29 is 27.3 Å². The zero-order valence-electron chi connectivity index (χ0n) is 34.4. The van der Waals surface area contributed by atoms with Crippen molar-refractivity contribution >= 4 is 50.8 Å². The van der Waals surface area contributed by atoms with Crippen molar-refractivity contribution in [1.29, 1.82) is 0 Å². The molecule has 0 saturated carbocycles. The third kappa shape index (κ3) is 7.92. The average Bonchev–Trinajstić information content (AvgIpc) is 3.79. The normalized spacial score (nSPS) is 12.3. The Morgan fingerprint density at radius 2 is 1.54 bits per heavy atom. The van der Waals surface area contributed by atoms with Crippen LogP contribution in [0.5, 0.6) is 0 Å². The Hall–Kier alpha value is -5.14. The minimum Gasteiger partial charge on any atom is 0 e. The third-order valence-corrected chi connectivity index (χ3v) is 13.8. The van der Waals surface area contributed by atoms with Gasteiger partial charge in [0.1, 0.15) is 0 Å². The van der Waals surface area contributed by atoms with Crippen LogP contribution < -0.4 is 4.40 Å². The molecular formula is C49H44GeIrN4O-2. The van der Waals surface area contributed by atoms with E-state index in [1.165, 1.54) is 0 Å². The van der Waals surface area contributed by atoms with Crippen LogP contribution in [0.3, 0.4) is 0 Å². The maximum absolute atomic E-state index is 8.56. The molecule has 1 radical (unpaired) electrons. The van der Waals surface area contributed by atoms with Gasteiger partial charge in [0.05, 0.1) is 22.4 Å². The maximum Gasteiger partial charge on any atom is 0 e. The number of furan rings is 1. The molecule has 5 nitrogen and oxygen atoms in total. The fourth-order valence-corrected chi connectivity index (χ4v) is 9.98. The van der Waals surface area contributed by atoms with Gasteiger partial charge in [0, 0.05) is 42.4 Å². The Bertz CT molecular complexity index is 2870. The Kier molecular flexibility index (Phi) is 10.8. The number of nitrogens with zero attached hydrogens (tertiary/aromatic N) is 4. The van der Waals surface area contributed by atoms with Crippen LogP contribution in [0.4, 0.5) is 0 Å². The molecule has 0 N–H and O–H groups in total. The molecule has 0 spiro atoms. The smallest absolute Gasteiger partial charge is 0 e. The number of fused-ring (bicyclic) bond motifs is 4. The molecule has 0 unspecified atom stereocenters. The second kappa shape index (κ2) is 16.5. The first-order valence-electron chi connectivity index (χ1n) is 19.7. The summed E-state index contributed by atoms with van der Waals surface area (Å²) in [6, 6.07) is 51.4. The van der Waals surface area contributed by atoms with E-state index in [2.05, 4.69) is 105 Å². The molecule has 0 aliphatic heterocycles. The molecule has 281 valence electrons. The molecule has 7 heteroatoms. The summed E-state index contributed by atoms with van der Waals surface area (Å²) in [5, 5.41) is 2.00. The summed E-state index contributed by atoms with van der Waals surface area (Å²) in [5.74, 6) is 7.56. The first kappa shape index (κ1) is 36.5. The Morgan fingerprint density at radius 3 is 2.30 bits per heavy atom. The maximum atomic E-state index is 8.56. The number of pyridine rings is 2. The van der Waals surface area contributed by atoms with Gasteiger partial charge in [0.15, 0.2) is 0 Å². The summed E-state index contributed by atoms with van der Waals surface area (Å²) in [5.41, 5.74) is 10.9. The molecule has 56 heavy (non-hydrogen) atoms. The number of hydrogen-bond donors (Lipinski definition) is 0. The molecule has 0 fully saturated rings. The number of benzene rings is 5. The fourth-order valence-electron chi connectivity index (χ4n) is 7.03. The van der Waals surface area contributed by atoms with Crippen molar-refractivity contribution in [3.63, 3.8) is 0 Å². The van der Waals surface area contributed by atoms with Crippen LogP contribution in [0.15, 0.2) is 144 Å². The van der Waals surface area contributed by atoms with Gasteiger partial charge in [0.2, 0.25) is 5.71 Å². The molecule has 0 aliphatic carbocycles. The van der Waals surface area contributed by atoms with E-state index in [0.717, 1.165) is 82.5 Å². The summed E-state index contributed by atoms with van der Waals surface area (Å²) in [4.78, 5) is 14.3. The van der Waals surface area contributed by atoms with Crippen LogP contribution >= 0.6 is 0 Å². The fraction of sp³-hybridized carbons (Fsp3) is 0.163. The molecule has 0 saturated heterocycles. The van der Waals surface area contributed by atoms with Gasteiger partial charge in [-0.1, -0.05) is 71.6 Å². The van der Waals surface area contributed by atoms with Crippen molar-refractivity contribution in [1.82, 2.24) is 19.5 Å². The number of hydrogen-bond acceptors (Lipinski definition) is 4. The predicted octanol–water partition coefficient (Wildman–Crippen LogP) is 12.1. The van der Waals surface area contributed by atoms with Crippen LogP contribution in [0.1, 0.15) is 27.8 Å². The molecule has 4 heterocycles. The van der Waals surface area contributed by atoms with Gasteiger partial charge in [-0.3, -0.25) is 4.98 Å². The largest absolute Gasteiger partial charge is 0 e. The Morgan fingerprint density at radius 1 is 0.786 bits per heavy atom. The summed E-state index contributed by atoms with van der Waals surface area (Å²) < 4.78 is 26.8. The number of imidazole rings is 1. The van der Waals surface area contributed by atoms with E-state index >= 15 is 0 Å². The minimum absolute atomic E-state index is 0. The summed E-state index contributed by atoms with van der Waals surface area (Å²) >= 11 is -2.20. The SMILES string of the molecule is Cc1ccc2c(n1)oc1c(-c3nc4ccccc4n3-c3ccccc3-c3ccccc3)[c-]ccc12.[2H]C([2H])(c1cc(-c2[c-]cccc2)nc[c]1[Ge]([CH3])([CH3])[CH3])C(C)C.[Ir]. The van der Waals surface area contributed by atoms with Gasteiger partial charge in [-0.2, -0.15) is 0 Å². The van der Waals surface area contributed by atoms with Gasteiger partial charge in [-0.05, 0) is 42.8 Å². The third-order valence-electron chi connectivity index (χ3n) is 9.59. The molecule has 0 aliphatic rings. The molecular weight excluding hydrogens is 925 g/mol. The van der Waals surface area contributed by atoms with Gasteiger partial charge in [0.25, 0.3) is 0 Å². The van der Waals surface area contributed by atoms with Crippen molar-refractivity contribution in [2.75, 3.05) is 0 Å². The predicted molar refractivity (Wildman–Crippen MR) is 231 cm³/mol. The quantitative estimate of drug-likeness (QED) is 0.118. The van der Waals surface area contributed by atoms with Crippen molar-refractivity contribution in [3.05, 3.63) is 163 Å². The topological polar surface area (TPSA) is 56.7 Å². The number of aryl methyl sites for hydroxylation is 1. The van der Waals surface area contributed by atoms with E-state index in [1.54, 1.807) is 0 Å². The molecule has 5 aromatic carbocycles. The number of aromatic nitrogens is 4. The molecule has 0 atom stereocenters. The van der Waals surface area contributed by atoms with Crippen molar-refractivity contribution in [2.24, 2.45) is 5.92 Å². The monoisotopic (exact) mass is 973 g/mol. The van der Waals surface area contributed by atoms with Crippen molar-refractivity contribution in [2.45, 2.75) is 44.4 Å². The summed E-state index contributed by atoms with van der Waals surface area (Å²) in [6.45, 7) is 5.85. The number of rotatable bonds is 7. The molecule has 0 amide bonds. The first-order valence-corrected chi connectivity index (χ1v) is 26.1. The molecule has 0 bridgehead atoms. The van der Waals surface area contributed by atoms with Crippen LogP contribution in [-0.2, 0) is 26.5 Å². The van der Waals surface area contributed by atoms with E-state index in [4.69, 9.17) is 12.1 Å². The summed E-state index contributed by atoms with van der Waals surface area (Å²) in [6.07, 6.45) is 0.562. The Labute approximate surface area is 348 Å². The average molecular weight is 972 g/mol. The van der Waals surface area contributed by atoms with Gasteiger partial charge in [-0.15, -0.1) is 18.2 Å². The first-order chi connectivity index (χ1) is 27.4. The standard InChI is InChI=1S/C31H20N3O.C18H24GeN.Ir/c1-20-18-19-24-23-13-9-14-25(29(23)35-31(24)32-20)30-33-26-15-6-8-17-28(26)34(30)27-16-7-5-12-22(27)21-10-3-2-4-11-21;1-14(2)11-16-12-18(15-9-7-6-8-10-15)20-13-17(16)19(3,4)5;/h2-13,15-19H,1H3;6-9,12-14H,11H2,1-5H3;/q2*-1;/i;11D2;. The van der Waals surface area contributed by atoms with E-state index in [-0.39, 0.29) is 26.0 Å². The second-order valence-corrected chi connectivity index (χ2v) is 25.7. The van der Waals surface area contributed by atoms with E-state index in [1.807, 2.05) is 99.8 Å². The van der Waals surface area contributed by atoms with Crippen LogP contribution in [0, 0.1) is 25.0 Å². The van der Waals surface area contributed by atoms with Crippen LogP contribution in [-0.4, -0.2) is 32.8 Å². The zero-order chi connectivity index (χ0) is 39.9. The second-order valence-electron chi connectivity index (χ2n) is 15.1. The van der Waals surface area contributed by atoms with Crippen LogP contribution in [0.25, 0.3) is 72.6 Å². The van der Waals surface area contributed by atoms with Crippen molar-refractivity contribution in [3.8, 4) is 39.5 Å². The minimum atomic E-state index is -2.20.